The van der Waals surface area contributed by atoms with Crippen LogP contribution in [0.5, 0.6) is 0 Å². The van der Waals surface area contributed by atoms with E-state index in [9.17, 15) is 18.8 Å². The number of anilines is 1. The average molecular weight is 377 g/mol. The molecule has 2 heterocycles. The van der Waals surface area contributed by atoms with E-state index in [1.807, 2.05) is 0 Å². The van der Waals surface area contributed by atoms with E-state index in [4.69, 9.17) is 5.73 Å². The number of halogens is 1. The van der Waals surface area contributed by atoms with Crippen LogP contribution in [0, 0.1) is 11.7 Å². The van der Waals surface area contributed by atoms with E-state index in [0.29, 0.717) is 51.3 Å². The van der Waals surface area contributed by atoms with Crippen LogP contribution in [0.2, 0.25) is 0 Å². The number of rotatable bonds is 5. The number of carbonyl (C=O) groups excluding carboxylic acids is 3. The summed E-state index contributed by atoms with van der Waals surface area (Å²) in [4.78, 5) is 39.8. The van der Waals surface area contributed by atoms with Gasteiger partial charge in [0.05, 0.1) is 11.5 Å². The van der Waals surface area contributed by atoms with E-state index in [1.54, 1.807) is 0 Å². The molecule has 146 valence electrons. The average Bonchev–Trinajstić information content (AvgIpc) is 3.12. The number of amides is 4. The highest BCUT2D eigenvalue weighted by Gasteiger charge is 2.30. The first kappa shape index (κ1) is 19.1. The van der Waals surface area contributed by atoms with Gasteiger partial charge in [-0.3, -0.25) is 14.5 Å². The van der Waals surface area contributed by atoms with Crippen molar-refractivity contribution in [3.05, 3.63) is 29.6 Å². The molecule has 4 amide bonds. The van der Waals surface area contributed by atoms with E-state index in [1.165, 1.54) is 28.0 Å². The maximum atomic E-state index is 14.3. The number of urea groups is 1. The Morgan fingerprint density at radius 1 is 1.33 bits per heavy atom. The highest BCUT2D eigenvalue weighted by molar-refractivity contribution is 5.99. The fourth-order valence-corrected chi connectivity index (χ4v) is 3.45. The molecule has 0 radical (unpaired) electrons. The molecule has 2 aliphatic rings. The van der Waals surface area contributed by atoms with Crippen molar-refractivity contribution in [2.75, 3.05) is 44.2 Å². The fraction of sp³-hybridized carbons (Fsp3) is 0.500. The van der Waals surface area contributed by atoms with Crippen LogP contribution in [0.25, 0.3) is 0 Å². The lowest BCUT2D eigenvalue weighted by Crippen LogP contribution is -2.46. The van der Waals surface area contributed by atoms with Crippen LogP contribution in [0.15, 0.2) is 18.2 Å². The van der Waals surface area contributed by atoms with Gasteiger partial charge in [-0.2, -0.15) is 0 Å². The monoisotopic (exact) mass is 377 g/mol. The zero-order valence-electron chi connectivity index (χ0n) is 15.0. The zero-order valence-corrected chi connectivity index (χ0v) is 15.0. The normalized spacial score (nSPS) is 19.8. The molecular weight excluding hydrogens is 353 g/mol. The number of carbonyl (C=O) groups is 3. The van der Waals surface area contributed by atoms with Crippen molar-refractivity contribution in [2.45, 2.75) is 12.8 Å². The molecule has 1 aromatic rings. The standard InChI is InChI=1S/C18H24FN5O3/c19-15-4-3-13(24-9-7-22-18(24)27)10-14(15)17(26)23-8-1-2-12(11-23)16(25)21-6-5-20/h3-4,10,12H,1-2,5-9,11,20H2,(H,21,25)(H,22,27). The van der Waals surface area contributed by atoms with Crippen molar-refractivity contribution in [3.63, 3.8) is 0 Å². The quantitative estimate of drug-likeness (QED) is 0.685. The number of benzene rings is 1. The Morgan fingerprint density at radius 2 is 2.15 bits per heavy atom. The van der Waals surface area contributed by atoms with E-state index in [-0.39, 0.29) is 30.0 Å². The van der Waals surface area contributed by atoms with Crippen LogP contribution < -0.4 is 21.3 Å². The molecule has 2 fully saturated rings. The summed E-state index contributed by atoms with van der Waals surface area (Å²) in [5.74, 6) is -1.57. The Hall–Kier alpha value is -2.68. The molecule has 9 heteroatoms. The molecule has 0 spiro atoms. The number of likely N-dealkylation sites (tertiary alicyclic amines) is 1. The van der Waals surface area contributed by atoms with Crippen LogP contribution >= 0.6 is 0 Å². The predicted molar refractivity (Wildman–Crippen MR) is 97.8 cm³/mol. The first-order valence-corrected chi connectivity index (χ1v) is 9.13. The zero-order chi connectivity index (χ0) is 19.4. The SMILES string of the molecule is NCCNC(=O)C1CCCN(C(=O)c2cc(N3CCNC3=O)ccc2F)C1. The molecular formula is C18H24FN5O3. The van der Waals surface area contributed by atoms with Crippen LogP contribution in [0.3, 0.4) is 0 Å². The molecule has 4 N–H and O–H groups in total. The highest BCUT2D eigenvalue weighted by Crippen LogP contribution is 2.24. The lowest BCUT2D eigenvalue weighted by atomic mass is 9.96. The minimum atomic E-state index is -0.641. The summed E-state index contributed by atoms with van der Waals surface area (Å²) in [7, 11) is 0. The van der Waals surface area contributed by atoms with Gasteiger partial charge in [-0.25, -0.2) is 9.18 Å². The van der Waals surface area contributed by atoms with E-state index in [2.05, 4.69) is 10.6 Å². The van der Waals surface area contributed by atoms with Gasteiger partial charge in [-0.05, 0) is 31.0 Å². The van der Waals surface area contributed by atoms with Crippen molar-refractivity contribution < 1.29 is 18.8 Å². The molecule has 1 atom stereocenters. The number of nitrogens with zero attached hydrogens (tertiary/aromatic N) is 2. The van der Waals surface area contributed by atoms with Crippen LogP contribution in [-0.4, -0.2) is 62.0 Å². The molecule has 3 rings (SSSR count). The van der Waals surface area contributed by atoms with Crippen LogP contribution in [-0.2, 0) is 4.79 Å². The molecule has 0 saturated carbocycles. The Bertz CT molecular complexity index is 742. The predicted octanol–water partition coefficient (Wildman–Crippen LogP) is 0.282. The second-order valence-corrected chi connectivity index (χ2v) is 6.72. The maximum absolute atomic E-state index is 14.3. The molecule has 2 aliphatic heterocycles. The summed E-state index contributed by atoms with van der Waals surface area (Å²) in [6.07, 6.45) is 1.35. The lowest BCUT2D eigenvalue weighted by Gasteiger charge is -2.32. The lowest BCUT2D eigenvalue weighted by molar-refractivity contribution is -0.126. The Labute approximate surface area is 156 Å². The molecule has 27 heavy (non-hydrogen) atoms. The fourth-order valence-electron chi connectivity index (χ4n) is 3.45. The van der Waals surface area contributed by atoms with Gasteiger partial charge in [0.25, 0.3) is 5.91 Å². The molecule has 0 bridgehead atoms. The smallest absolute Gasteiger partial charge is 0.321 e. The van der Waals surface area contributed by atoms with Gasteiger partial charge in [0, 0.05) is 45.0 Å². The number of nitrogens with one attached hydrogen (secondary N) is 2. The third kappa shape index (κ3) is 4.19. The third-order valence-corrected chi connectivity index (χ3v) is 4.87. The van der Waals surface area contributed by atoms with Gasteiger partial charge in [-0.1, -0.05) is 0 Å². The summed E-state index contributed by atoms with van der Waals surface area (Å²) in [5.41, 5.74) is 5.79. The first-order chi connectivity index (χ1) is 13.0. The van der Waals surface area contributed by atoms with Crippen molar-refractivity contribution in [3.8, 4) is 0 Å². The maximum Gasteiger partial charge on any atom is 0.321 e. The largest absolute Gasteiger partial charge is 0.355 e. The number of nitrogens with two attached hydrogens (primary N) is 1. The first-order valence-electron chi connectivity index (χ1n) is 9.13. The summed E-state index contributed by atoms with van der Waals surface area (Å²) in [6.45, 7) is 2.41. The summed E-state index contributed by atoms with van der Waals surface area (Å²) in [5, 5.41) is 5.41. The van der Waals surface area contributed by atoms with Gasteiger partial charge in [0.2, 0.25) is 5.91 Å². The molecule has 2 saturated heterocycles. The Morgan fingerprint density at radius 3 is 2.85 bits per heavy atom. The Balaban J connectivity index is 1.74. The van der Waals surface area contributed by atoms with Gasteiger partial charge in [0.1, 0.15) is 5.82 Å². The van der Waals surface area contributed by atoms with Gasteiger partial charge < -0.3 is 21.3 Å². The topological polar surface area (TPSA) is 108 Å². The minimum Gasteiger partial charge on any atom is -0.355 e. The van der Waals surface area contributed by atoms with Crippen molar-refractivity contribution >= 4 is 23.5 Å². The van der Waals surface area contributed by atoms with Gasteiger partial charge in [-0.15, -0.1) is 0 Å². The second kappa shape index (κ2) is 8.34. The summed E-state index contributed by atoms with van der Waals surface area (Å²) in [6, 6.07) is 3.81. The minimum absolute atomic E-state index is 0.0878. The van der Waals surface area contributed by atoms with E-state index >= 15 is 0 Å². The Kier molecular flexibility index (Phi) is 5.90. The molecule has 0 aromatic heterocycles. The number of hydrogen-bond acceptors (Lipinski definition) is 4. The van der Waals surface area contributed by atoms with Crippen LogP contribution in [0.4, 0.5) is 14.9 Å². The number of hydrogen-bond donors (Lipinski definition) is 3. The summed E-state index contributed by atoms with van der Waals surface area (Å²) >= 11 is 0. The van der Waals surface area contributed by atoms with Crippen molar-refractivity contribution in [2.24, 2.45) is 11.7 Å². The molecule has 8 nitrogen and oxygen atoms in total. The molecule has 1 aromatic carbocycles. The van der Waals surface area contributed by atoms with Crippen molar-refractivity contribution in [1.29, 1.82) is 0 Å². The van der Waals surface area contributed by atoms with Crippen LogP contribution in [0.1, 0.15) is 23.2 Å². The molecule has 0 aliphatic carbocycles. The molecule has 1 unspecified atom stereocenters. The van der Waals surface area contributed by atoms with Gasteiger partial charge in [0.15, 0.2) is 0 Å². The summed E-state index contributed by atoms with van der Waals surface area (Å²) < 4.78 is 14.3. The number of piperidine rings is 1. The van der Waals surface area contributed by atoms with Crippen molar-refractivity contribution in [1.82, 2.24) is 15.5 Å². The van der Waals surface area contributed by atoms with Gasteiger partial charge >= 0.3 is 6.03 Å². The second-order valence-electron chi connectivity index (χ2n) is 6.72. The van der Waals surface area contributed by atoms with E-state index < -0.39 is 11.7 Å². The highest BCUT2D eigenvalue weighted by atomic mass is 19.1. The van der Waals surface area contributed by atoms with E-state index in [0.717, 1.165) is 0 Å². The third-order valence-electron chi connectivity index (χ3n) is 4.87.